The quantitative estimate of drug-likeness (QED) is 0.868. The van der Waals surface area contributed by atoms with Gasteiger partial charge in [0.15, 0.2) is 0 Å². The van der Waals surface area contributed by atoms with Gasteiger partial charge in [-0.15, -0.1) is 0 Å². The number of likely N-dealkylation sites (N-methyl/N-ethyl adjacent to an activating group) is 1. The van der Waals surface area contributed by atoms with Crippen LogP contribution in [0.3, 0.4) is 0 Å². The zero-order valence-electron chi connectivity index (χ0n) is 13.4. The van der Waals surface area contributed by atoms with Gasteiger partial charge in [-0.1, -0.05) is 0 Å². The molecule has 0 aromatic heterocycles. The van der Waals surface area contributed by atoms with Crippen LogP contribution < -0.4 is 0 Å². The molecule has 1 aromatic rings. The fraction of sp³-hybridized carbons (Fsp3) is 0.438. The number of carbonyl (C=O) groups excluding carboxylic acids is 2. The van der Waals surface area contributed by atoms with Gasteiger partial charge in [0.1, 0.15) is 6.04 Å². The van der Waals surface area contributed by atoms with Gasteiger partial charge in [0.05, 0.1) is 0 Å². The lowest BCUT2D eigenvalue weighted by Crippen LogP contribution is -2.40. The molecule has 0 bridgehead atoms. The second-order valence-corrected chi connectivity index (χ2v) is 4.99. The number of rotatable bonds is 6. The molecule has 1 N–H and O–H groups in total. The van der Waals surface area contributed by atoms with Crippen molar-refractivity contribution in [1.82, 2.24) is 9.80 Å². The van der Waals surface area contributed by atoms with Crippen molar-refractivity contribution in [1.29, 1.82) is 0 Å². The predicted molar refractivity (Wildman–Crippen MR) is 82.9 cm³/mol. The van der Waals surface area contributed by atoms with E-state index in [4.69, 9.17) is 5.11 Å². The largest absolute Gasteiger partial charge is 0.480 e. The SMILES string of the molecule is CCN(CC)C(=O)c1ccc(C(=O)N(C)C(C)C(=O)O)cc1. The average Bonchev–Trinajstić information content (AvgIpc) is 2.53. The van der Waals surface area contributed by atoms with Crippen LogP contribution in [-0.4, -0.2) is 58.9 Å². The molecule has 1 rings (SSSR count). The number of carbonyl (C=O) groups is 3. The molecule has 1 unspecified atom stereocenters. The highest BCUT2D eigenvalue weighted by molar-refractivity contribution is 5.98. The standard InChI is InChI=1S/C16H22N2O4/c1-5-18(6-2)15(20)13-9-7-12(8-10-13)14(19)17(4)11(3)16(21)22/h7-11H,5-6H2,1-4H3,(H,21,22). The first-order chi connectivity index (χ1) is 10.3. The lowest BCUT2D eigenvalue weighted by molar-refractivity contribution is -0.141. The van der Waals surface area contributed by atoms with Crippen LogP contribution in [0.4, 0.5) is 0 Å². The maximum absolute atomic E-state index is 12.2. The smallest absolute Gasteiger partial charge is 0.326 e. The Balaban J connectivity index is 2.91. The fourth-order valence-corrected chi connectivity index (χ4v) is 1.99. The Bertz CT molecular complexity index is 550. The third-order valence-electron chi connectivity index (χ3n) is 3.69. The zero-order chi connectivity index (χ0) is 16.9. The van der Waals surface area contributed by atoms with Crippen LogP contribution in [0.2, 0.25) is 0 Å². The van der Waals surface area contributed by atoms with Gasteiger partial charge < -0.3 is 14.9 Å². The summed E-state index contributed by atoms with van der Waals surface area (Å²) < 4.78 is 0. The molecule has 0 aliphatic rings. The molecule has 22 heavy (non-hydrogen) atoms. The van der Waals surface area contributed by atoms with Crippen LogP contribution in [0.15, 0.2) is 24.3 Å². The first kappa shape index (κ1) is 17.7. The van der Waals surface area contributed by atoms with Gasteiger partial charge in [0.25, 0.3) is 11.8 Å². The Hall–Kier alpha value is -2.37. The Morgan fingerprint density at radius 3 is 1.77 bits per heavy atom. The topological polar surface area (TPSA) is 77.9 Å². The lowest BCUT2D eigenvalue weighted by Gasteiger charge is -2.22. The van der Waals surface area contributed by atoms with Crippen LogP contribution in [0.1, 0.15) is 41.5 Å². The summed E-state index contributed by atoms with van der Waals surface area (Å²) in [5.41, 5.74) is 0.862. The van der Waals surface area contributed by atoms with Crippen molar-refractivity contribution in [3.05, 3.63) is 35.4 Å². The maximum atomic E-state index is 12.2. The summed E-state index contributed by atoms with van der Waals surface area (Å²) in [7, 11) is 1.44. The Kier molecular flexibility index (Phi) is 6.10. The van der Waals surface area contributed by atoms with Crippen molar-refractivity contribution in [3.63, 3.8) is 0 Å². The molecule has 0 aliphatic carbocycles. The van der Waals surface area contributed by atoms with Crippen molar-refractivity contribution in [3.8, 4) is 0 Å². The van der Waals surface area contributed by atoms with Crippen molar-refractivity contribution < 1.29 is 19.5 Å². The van der Waals surface area contributed by atoms with E-state index in [2.05, 4.69) is 0 Å². The number of hydrogen-bond acceptors (Lipinski definition) is 3. The third kappa shape index (κ3) is 3.84. The van der Waals surface area contributed by atoms with E-state index in [9.17, 15) is 14.4 Å². The van der Waals surface area contributed by atoms with Crippen molar-refractivity contribution in [2.45, 2.75) is 26.8 Å². The lowest BCUT2D eigenvalue weighted by atomic mass is 10.1. The highest BCUT2D eigenvalue weighted by atomic mass is 16.4. The molecule has 2 amide bonds. The van der Waals surface area contributed by atoms with Crippen LogP contribution >= 0.6 is 0 Å². The van der Waals surface area contributed by atoms with Gasteiger partial charge >= 0.3 is 5.97 Å². The minimum absolute atomic E-state index is 0.0868. The van der Waals surface area contributed by atoms with E-state index in [1.54, 1.807) is 29.2 Å². The molecule has 0 aliphatic heterocycles. The normalized spacial score (nSPS) is 11.6. The van der Waals surface area contributed by atoms with Gasteiger partial charge in [-0.05, 0) is 45.0 Å². The number of carboxylic acid groups (broad SMARTS) is 1. The first-order valence-corrected chi connectivity index (χ1v) is 7.22. The molecular formula is C16H22N2O4. The van der Waals surface area contributed by atoms with Crippen molar-refractivity contribution in [2.75, 3.05) is 20.1 Å². The summed E-state index contributed by atoms with van der Waals surface area (Å²) in [6, 6.07) is 5.36. The third-order valence-corrected chi connectivity index (χ3v) is 3.69. The van der Waals surface area contributed by atoms with E-state index in [1.165, 1.54) is 14.0 Å². The molecule has 6 heteroatoms. The zero-order valence-corrected chi connectivity index (χ0v) is 13.4. The summed E-state index contributed by atoms with van der Waals surface area (Å²) >= 11 is 0. The molecule has 0 heterocycles. The minimum Gasteiger partial charge on any atom is -0.480 e. The Morgan fingerprint density at radius 2 is 1.41 bits per heavy atom. The molecule has 0 fully saturated rings. The van der Waals surface area contributed by atoms with Crippen LogP contribution in [0, 0.1) is 0 Å². The van der Waals surface area contributed by atoms with E-state index in [1.807, 2.05) is 13.8 Å². The summed E-state index contributed by atoms with van der Waals surface area (Å²) in [5.74, 6) is -1.54. The number of amides is 2. The van der Waals surface area contributed by atoms with Gasteiger partial charge in [-0.25, -0.2) is 4.79 Å². The van der Waals surface area contributed by atoms with E-state index in [-0.39, 0.29) is 5.91 Å². The summed E-state index contributed by atoms with van der Waals surface area (Å²) in [4.78, 5) is 38.1. The monoisotopic (exact) mass is 306 g/mol. The highest BCUT2D eigenvalue weighted by Crippen LogP contribution is 2.11. The van der Waals surface area contributed by atoms with Crippen LogP contribution in [-0.2, 0) is 4.79 Å². The molecule has 0 radical (unpaired) electrons. The Morgan fingerprint density at radius 1 is 1.00 bits per heavy atom. The minimum atomic E-state index is -1.07. The molecule has 0 saturated heterocycles. The molecule has 6 nitrogen and oxygen atoms in total. The van der Waals surface area contributed by atoms with Crippen LogP contribution in [0.25, 0.3) is 0 Å². The van der Waals surface area contributed by atoms with Crippen molar-refractivity contribution >= 4 is 17.8 Å². The maximum Gasteiger partial charge on any atom is 0.326 e. The molecular weight excluding hydrogens is 284 g/mol. The second kappa shape index (κ2) is 7.59. The molecule has 1 atom stereocenters. The first-order valence-electron chi connectivity index (χ1n) is 7.22. The van der Waals surface area contributed by atoms with Gasteiger partial charge in [0.2, 0.25) is 0 Å². The van der Waals surface area contributed by atoms with Crippen molar-refractivity contribution in [2.24, 2.45) is 0 Å². The molecule has 0 spiro atoms. The van der Waals surface area contributed by atoms with E-state index in [0.717, 1.165) is 4.90 Å². The second-order valence-electron chi connectivity index (χ2n) is 4.99. The predicted octanol–water partition coefficient (Wildman–Crippen LogP) is 1.71. The summed E-state index contributed by atoms with van der Waals surface area (Å²) in [6.07, 6.45) is 0. The fourth-order valence-electron chi connectivity index (χ4n) is 1.99. The van der Waals surface area contributed by atoms with Crippen LogP contribution in [0.5, 0.6) is 0 Å². The molecule has 1 aromatic carbocycles. The van der Waals surface area contributed by atoms with Gasteiger partial charge in [-0.3, -0.25) is 9.59 Å². The number of hydrogen-bond donors (Lipinski definition) is 1. The average molecular weight is 306 g/mol. The van der Waals surface area contributed by atoms with Gasteiger partial charge in [-0.2, -0.15) is 0 Å². The molecule has 0 saturated carbocycles. The number of carboxylic acids is 1. The van der Waals surface area contributed by atoms with E-state index in [0.29, 0.717) is 24.2 Å². The number of nitrogens with zero attached hydrogens (tertiary/aromatic N) is 2. The highest BCUT2D eigenvalue weighted by Gasteiger charge is 2.23. The molecule has 120 valence electrons. The number of aliphatic carboxylic acids is 1. The number of benzene rings is 1. The summed E-state index contributed by atoms with van der Waals surface area (Å²) in [6.45, 7) is 6.49. The van der Waals surface area contributed by atoms with Gasteiger partial charge in [0, 0.05) is 31.3 Å². The summed E-state index contributed by atoms with van der Waals surface area (Å²) in [5, 5.41) is 8.94. The van der Waals surface area contributed by atoms with E-state index < -0.39 is 17.9 Å². The Labute approximate surface area is 130 Å². The van der Waals surface area contributed by atoms with E-state index >= 15 is 0 Å².